The molecule has 12 heteroatoms. The fourth-order valence-electron chi connectivity index (χ4n) is 7.38. The second-order valence-corrected chi connectivity index (χ2v) is 19.8. The van der Waals surface area contributed by atoms with Gasteiger partial charge in [0.25, 0.3) is 0 Å². The van der Waals surface area contributed by atoms with Crippen molar-refractivity contribution in [2.75, 3.05) is 26.4 Å². The number of carbonyl (C=O) groups excluding carboxylic acids is 3. The Morgan fingerprint density at radius 1 is 0.414 bits per heavy atom. The number of phosphoric acid groups is 1. The molecule has 0 bridgehead atoms. The molecule has 0 aromatic heterocycles. The molecule has 2 N–H and O–H groups in total. The maximum atomic E-state index is 12.9. The number of aliphatic hydroxyl groups is 1. The lowest BCUT2D eigenvalue weighted by molar-refractivity contribution is -0.161. The summed E-state index contributed by atoms with van der Waals surface area (Å²) in [5.41, 5.74) is 0. The quantitative estimate of drug-likeness (QED) is 0.0197. The molecule has 0 rings (SSSR count). The molecule has 0 radical (unpaired) electrons. The average molecular weight is 1010 g/mol. The van der Waals surface area contributed by atoms with Crippen molar-refractivity contribution in [1.82, 2.24) is 0 Å². The first-order valence-electron chi connectivity index (χ1n) is 27.8. The van der Waals surface area contributed by atoms with Crippen LogP contribution in [0.5, 0.6) is 0 Å². The maximum Gasteiger partial charge on any atom is 0.472 e. The second kappa shape index (κ2) is 52.2. The van der Waals surface area contributed by atoms with Crippen molar-refractivity contribution in [2.24, 2.45) is 0 Å². The van der Waals surface area contributed by atoms with Crippen LogP contribution in [0.4, 0.5) is 0 Å². The Kier molecular flexibility index (Phi) is 50.0. The number of unbranched alkanes of at least 4 members (excludes halogenated alkanes) is 22. The van der Waals surface area contributed by atoms with Crippen LogP contribution in [0, 0.1) is 0 Å². The molecule has 0 amide bonds. The zero-order valence-corrected chi connectivity index (χ0v) is 45.4. The van der Waals surface area contributed by atoms with Gasteiger partial charge in [-0.2, -0.15) is 0 Å². The highest BCUT2D eigenvalue weighted by atomic mass is 31.2. The van der Waals surface area contributed by atoms with Crippen LogP contribution in [-0.4, -0.2) is 66.5 Å². The number of ether oxygens (including phenoxy) is 3. The van der Waals surface area contributed by atoms with Gasteiger partial charge in [0, 0.05) is 19.3 Å². The van der Waals surface area contributed by atoms with E-state index in [9.17, 15) is 28.9 Å². The number of allylic oxidation sites excluding steroid dienone is 12. The first-order valence-corrected chi connectivity index (χ1v) is 29.3. The van der Waals surface area contributed by atoms with Crippen LogP contribution in [0.2, 0.25) is 0 Å². The second-order valence-electron chi connectivity index (χ2n) is 18.4. The molecule has 0 aliphatic carbocycles. The third-order valence-corrected chi connectivity index (χ3v) is 12.6. The van der Waals surface area contributed by atoms with Crippen LogP contribution in [-0.2, 0) is 42.2 Å². The number of carbonyl (C=O) groups is 3. The molecular formula is C58H101O11P. The Morgan fingerprint density at radius 3 is 1.17 bits per heavy atom. The summed E-state index contributed by atoms with van der Waals surface area (Å²) in [4.78, 5) is 48.4. The van der Waals surface area contributed by atoms with E-state index in [1.807, 2.05) is 0 Å². The summed E-state index contributed by atoms with van der Waals surface area (Å²) in [6, 6.07) is 0. The molecule has 0 aliphatic heterocycles. The molecule has 0 fully saturated rings. The van der Waals surface area contributed by atoms with Crippen LogP contribution < -0.4 is 0 Å². The fraction of sp³-hybridized carbons (Fsp3) is 0.741. The standard InChI is InChI=1S/C58H101O11P/c1-4-7-10-13-16-19-22-24-26-27-29-30-33-35-38-41-44-47-56(60)65-51-55(69-58(62)49-46-43-40-37-34-31-28-25-23-20-17-14-11-8-5-2)53-67-70(63,64)66-52-54(50-59)68-57(61)48-45-42-39-36-32-21-18-15-12-9-6-3/h7,10,16-17,19-20,24-26,28-30,54-55,59H,4-6,8-9,11-15,18,21-23,27,31-53H2,1-3H3,(H,63,64)/b10-7-,19-16-,20-17-,26-24-,28-25-,30-29-. The highest BCUT2D eigenvalue weighted by molar-refractivity contribution is 7.47. The Bertz CT molecular complexity index is 1450. The third-order valence-electron chi connectivity index (χ3n) is 11.6. The predicted octanol–water partition coefficient (Wildman–Crippen LogP) is 16.1. The Hall–Kier alpha value is -3.08. The lowest BCUT2D eigenvalue weighted by Gasteiger charge is -2.21. The van der Waals surface area contributed by atoms with E-state index >= 15 is 0 Å². The Balaban J connectivity index is 4.80. The highest BCUT2D eigenvalue weighted by Gasteiger charge is 2.28. The van der Waals surface area contributed by atoms with E-state index in [4.69, 9.17) is 23.3 Å². The van der Waals surface area contributed by atoms with E-state index in [2.05, 4.69) is 93.7 Å². The number of aliphatic hydroxyl groups excluding tert-OH is 1. The lowest BCUT2D eigenvalue weighted by Crippen LogP contribution is -2.30. The van der Waals surface area contributed by atoms with Crippen LogP contribution in [0.1, 0.15) is 239 Å². The van der Waals surface area contributed by atoms with Crippen molar-refractivity contribution in [3.8, 4) is 0 Å². The normalized spacial score (nSPS) is 14.0. The van der Waals surface area contributed by atoms with Gasteiger partial charge in [-0.15, -0.1) is 0 Å². The smallest absolute Gasteiger partial charge is 0.462 e. The van der Waals surface area contributed by atoms with Gasteiger partial charge in [-0.25, -0.2) is 4.57 Å². The summed E-state index contributed by atoms with van der Waals surface area (Å²) >= 11 is 0. The predicted molar refractivity (Wildman–Crippen MR) is 288 cm³/mol. The minimum absolute atomic E-state index is 0.145. The topological polar surface area (TPSA) is 155 Å². The van der Waals surface area contributed by atoms with Gasteiger partial charge in [-0.1, -0.05) is 203 Å². The van der Waals surface area contributed by atoms with Crippen molar-refractivity contribution in [2.45, 2.75) is 251 Å². The number of hydrogen-bond donors (Lipinski definition) is 2. The summed E-state index contributed by atoms with van der Waals surface area (Å²) in [6.07, 6.45) is 57.2. The van der Waals surface area contributed by atoms with Crippen LogP contribution in [0.25, 0.3) is 0 Å². The molecule has 0 heterocycles. The SMILES string of the molecule is CC/C=C\C/C=C\C/C=C\C/C=C\CCCCCCC(=O)OCC(COP(=O)(O)OCC(CO)OC(=O)CCCCCCCCCCCCC)OC(=O)CCCCCCC/C=C\C/C=C\CCCCC. The average Bonchev–Trinajstić information content (AvgIpc) is 3.35. The molecular weight excluding hydrogens is 904 g/mol. The Morgan fingerprint density at radius 2 is 0.743 bits per heavy atom. The summed E-state index contributed by atoms with van der Waals surface area (Å²) < 4.78 is 39.4. The molecule has 3 unspecified atom stereocenters. The fourth-order valence-corrected chi connectivity index (χ4v) is 8.16. The molecule has 70 heavy (non-hydrogen) atoms. The maximum absolute atomic E-state index is 12.9. The van der Waals surface area contributed by atoms with Gasteiger partial charge in [0.05, 0.1) is 19.8 Å². The number of esters is 3. The largest absolute Gasteiger partial charge is 0.472 e. The number of rotatable bonds is 51. The van der Waals surface area contributed by atoms with Gasteiger partial charge < -0.3 is 24.2 Å². The van der Waals surface area contributed by atoms with Crippen molar-refractivity contribution in [3.05, 3.63) is 72.9 Å². The zero-order chi connectivity index (χ0) is 51.3. The van der Waals surface area contributed by atoms with Crippen molar-refractivity contribution in [1.29, 1.82) is 0 Å². The summed E-state index contributed by atoms with van der Waals surface area (Å²) in [6.45, 7) is 4.45. The van der Waals surface area contributed by atoms with Gasteiger partial charge in [-0.3, -0.25) is 23.4 Å². The summed E-state index contributed by atoms with van der Waals surface area (Å²) in [5, 5.41) is 9.78. The zero-order valence-electron chi connectivity index (χ0n) is 44.5. The van der Waals surface area contributed by atoms with Gasteiger partial charge in [-0.05, 0) is 89.9 Å². The number of phosphoric ester groups is 1. The van der Waals surface area contributed by atoms with E-state index in [1.165, 1.54) is 64.2 Å². The molecule has 0 aromatic rings. The molecule has 0 spiro atoms. The van der Waals surface area contributed by atoms with Gasteiger partial charge in [0.1, 0.15) is 12.7 Å². The molecule has 3 atom stereocenters. The van der Waals surface area contributed by atoms with E-state index in [-0.39, 0.29) is 25.9 Å². The monoisotopic (exact) mass is 1000 g/mol. The lowest BCUT2D eigenvalue weighted by atomic mass is 10.1. The van der Waals surface area contributed by atoms with E-state index in [0.717, 1.165) is 116 Å². The van der Waals surface area contributed by atoms with Crippen LogP contribution in [0.3, 0.4) is 0 Å². The molecule has 0 aromatic carbocycles. The third kappa shape index (κ3) is 49.9. The minimum Gasteiger partial charge on any atom is -0.462 e. The summed E-state index contributed by atoms with van der Waals surface area (Å²) in [5.74, 6) is -1.51. The summed E-state index contributed by atoms with van der Waals surface area (Å²) in [7, 11) is -4.75. The highest BCUT2D eigenvalue weighted by Crippen LogP contribution is 2.43. The van der Waals surface area contributed by atoms with Crippen LogP contribution in [0.15, 0.2) is 72.9 Å². The van der Waals surface area contributed by atoms with Gasteiger partial charge in [0.2, 0.25) is 0 Å². The minimum atomic E-state index is -4.75. The molecule has 404 valence electrons. The van der Waals surface area contributed by atoms with Crippen LogP contribution >= 0.6 is 7.82 Å². The molecule has 0 saturated heterocycles. The molecule has 11 nitrogen and oxygen atoms in total. The van der Waals surface area contributed by atoms with E-state index < -0.39 is 57.8 Å². The van der Waals surface area contributed by atoms with Gasteiger partial charge >= 0.3 is 25.7 Å². The first-order chi connectivity index (χ1) is 34.2. The molecule has 0 aliphatic rings. The number of hydrogen-bond acceptors (Lipinski definition) is 10. The Labute approximate surface area is 427 Å². The van der Waals surface area contributed by atoms with Crippen molar-refractivity contribution in [3.63, 3.8) is 0 Å². The van der Waals surface area contributed by atoms with Crippen molar-refractivity contribution >= 4 is 25.7 Å². The first kappa shape index (κ1) is 66.9. The van der Waals surface area contributed by atoms with Crippen molar-refractivity contribution < 1.29 is 52.2 Å². The molecule has 0 saturated carbocycles. The van der Waals surface area contributed by atoms with E-state index in [0.29, 0.717) is 19.3 Å². The van der Waals surface area contributed by atoms with E-state index in [1.54, 1.807) is 0 Å². The van der Waals surface area contributed by atoms with Gasteiger partial charge in [0.15, 0.2) is 6.10 Å².